The van der Waals surface area contributed by atoms with Crippen LogP contribution in [0.1, 0.15) is 11.1 Å². The van der Waals surface area contributed by atoms with Crippen LogP contribution in [0.3, 0.4) is 0 Å². The number of hydrogen-bond donors (Lipinski definition) is 1. The highest BCUT2D eigenvalue weighted by Crippen LogP contribution is 2.13. The zero-order chi connectivity index (χ0) is 18.8. The predicted molar refractivity (Wildman–Crippen MR) is 97.4 cm³/mol. The van der Waals surface area contributed by atoms with Crippen LogP contribution in [-0.4, -0.2) is 25.1 Å². The number of carbonyl (C=O) groups excluding carboxylic acids is 2. The number of amides is 1. The van der Waals surface area contributed by atoms with Crippen LogP contribution in [0.15, 0.2) is 54.6 Å². The lowest BCUT2D eigenvalue weighted by Crippen LogP contribution is -2.20. The molecular weight excluding hydrogens is 332 g/mol. The van der Waals surface area contributed by atoms with Crippen molar-refractivity contribution in [2.45, 2.75) is 6.92 Å². The van der Waals surface area contributed by atoms with Gasteiger partial charge in [0, 0.05) is 11.8 Å². The number of nitriles is 1. The van der Waals surface area contributed by atoms with Crippen molar-refractivity contribution in [3.63, 3.8) is 0 Å². The Morgan fingerprint density at radius 1 is 1.19 bits per heavy atom. The molecule has 0 unspecified atom stereocenters. The minimum absolute atomic E-state index is 0.0217. The Balaban J connectivity index is 1.78. The van der Waals surface area contributed by atoms with Crippen LogP contribution in [0.2, 0.25) is 0 Å². The standard InChI is InChI=1S/C20H18N2O4/c1-15-3-2-4-17(13-15)22-19(23)14-26-20(24)10-7-16-5-8-18(9-6-16)25-12-11-21/h2-10,13H,12,14H2,1H3,(H,22,23). The largest absolute Gasteiger partial charge is 0.479 e. The molecular formula is C20H18N2O4. The van der Waals surface area contributed by atoms with E-state index in [9.17, 15) is 9.59 Å². The molecule has 132 valence electrons. The lowest BCUT2D eigenvalue weighted by Gasteiger charge is -2.06. The van der Waals surface area contributed by atoms with E-state index < -0.39 is 11.9 Å². The molecule has 0 saturated carbocycles. The molecule has 0 aromatic heterocycles. The maximum Gasteiger partial charge on any atom is 0.331 e. The summed E-state index contributed by atoms with van der Waals surface area (Å²) in [6.07, 6.45) is 2.81. The van der Waals surface area contributed by atoms with Gasteiger partial charge >= 0.3 is 5.97 Å². The van der Waals surface area contributed by atoms with Gasteiger partial charge in [0.15, 0.2) is 13.2 Å². The minimum Gasteiger partial charge on any atom is -0.479 e. The van der Waals surface area contributed by atoms with Crippen molar-refractivity contribution < 1.29 is 19.1 Å². The molecule has 1 amide bonds. The summed E-state index contributed by atoms with van der Waals surface area (Å²) in [4.78, 5) is 23.5. The smallest absolute Gasteiger partial charge is 0.331 e. The third kappa shape index (κ3) is 6.49. The predicted octanol–water partition coefficient (Wildman–Crippen LogP) is 3.09. The molecule has 1 N–H and O–H groups in total. The Hall–Kier alpha value is -3.59. The molecule has 6 heteroatoms. The van der Waals surface area contributed by atoms with E-state index in [0.717, 1.165) is 11.1 Å². The fourth-order valence-electron chi connectivity index (χ4n) is 2.06. The van der Waals surface area contributed by atoms with E-state index in [1.54, 1.807) is 36.4 Å². The van der Waals surface area contributed by atoms with Crippen LogP contribution >= 0.6 is 0 Å². The first kappa shape index (κ1) is 18.7. The second kappa shape index (κ2) is 9.64. The SMILES string of the molecule is Cc1cccc(NC(=O)COC(=O)C=Cc2ccc(OCC#N)cc2)c1. The number of hydrogen-bond acceptors (Lipinski definition) is 5. The zero-order valence-corrected chi connectivity index (χ0v) is 14.3. The lowest BCUT2D eigenvalue weighted by atomic mass is 10.2. The summed E-state index contributed by atoms with van der Waals surface area (Å²) in [5, 5.41) is 11.1. The molecule has 0 bridgehead atoms. The van der Waals surface area contributed by atoms with E-state index in [1.807, 2.05) is 31.2 Å². The molecule has 26 heavy (non-hydrogen) atoms. The normalized spacial score (nSPS) is 10.2. The number of ether oxygens (including phenoxy) is 2. The van der Waals surface area contributed by atoms with Crippen LogP contribution in [0, 0.1) is 18.3 Å². The average Bonchev–Trinajstić information content (AvgIpc) is 2.64. The summed E-state index contributed by atoms with van der Waals surface area (Å²) in [5.41, 5.74) is 2.43. The first-order chi connectivity index (χ1) is 12.6. The Morgan fingerprint density at radius 2 is 1.96 bits per heavy atom. The third-order valence-electron chi connectivity index (χ3n) is 3.24. The number of nitrogens with one attached hydrogen (secondary N) is 1. The van der Waals surface area contributed by atoms with Gasteiger partial charge in [0.05, 0.1) is 0 Å². The van der Waals surface area contributed by atoms with Gasteiger partial charge in [-0.3, -0.25) is 4.79 Å². The van der Waals surface area contributed by atoms with Gasteiger partial charge in [-0.05, 0) is 48.4 Å². The Labute approximate surface area is 151 Å². The number of rotatable bonds is 7. The number of aryl methyl sites for hydroxylation is 1. The van der Waals surface area contributed by atoms with Gasteiger partial charge in [0.1, 0.15) is 11.8 Å². The van der Waals surface area contributed by atoms with Crippen molar-refractivity contribution in [1.29, 1.82) is 5.26 Å². The molecule has 0 fully saturated rings. The summed E-state index contributed by atoms with van der Waals surface area (Å²) in [5.74, 6) is -0.454. The number of benzene rings is 2. The number of anilines is 1. The summed E-state index contributed by atoms with van der Waals surface area (Å²) in [6, 6.07) is 16.1. The Bertz CT molecular complexity index is 836. The van der Waals surface area contributed by atoms with Gasteiger partial charge in [0.2, 0.25) is 0 Å². The number of esters is 1. The lowest BCUT2D eigenvalue weighted by molar-refractivity contribution is -0.142. The van der Waals surface area contributed by atoms with Gasteiger partial charge in [-0.1, -0.05) is 24.3 Å². The molecule has 0 aliphatic carbocycles. The van der Waals surface area contributed by atoms with E-state index in [-0.39, 0.29) is 13.2 Å². The molecule has 2 aromatic carbocycles. The quantitative estimate of drug-likeness (QED) is 0.612. The summed E-state index contributed by atoms with van der Waals surface area (Å²) in [6.45, 7) is 1.53. The summed E-state index contributed by atoms with van der Waals surface area (Å²) >= 11 is 0. The van der Waals surface area contributed by atoms with Gasteiger partial charge in [-0.15, -0.1) is 0 Å². The monoisotopic (exact) mass is 350 g/mol. The van der Waals surface area contributed by atoms with Crippen molar-refractivity contribution in [1.82, 2.24) is 0 Å². The Kier molecular flexibility index (Phi) is 6.95. The highest BCUT2D eigenvalue weighted by Gasteiger charge is 2.05. The highest BCUT2D eigenvalue weighted by molar-refractivity contribution is 5.94. The summed E-state index contributed by atoms with van der Waals surface area (Å²) < 4.78 is 10.0. The second-order valence-electron chi connectivity index (χ2n) is 5.37. The molecule has 6 nitrogen and oxygen atoms in total. The van der Waals surface area contributed by atoms with Crippen LogP contribution in [0.25, 0.3) is 6.08 Å². The first-order valence-electron chi connectivity index (χ1n) is 7.88. The van der Waals surface area contributed by atoms with E-state index in [1.165, 1.54) is 6.08 Å². The van der Waals surface area contributed by atoms with E-state index >= 15 is 0 Å². The van der Waals surface area contributed by atoms with Crippen molar-refractivity contribution >= 4 is 23.6 Å². The minimum atomic E-state index is -0.616. The molecule has 0 aliphatic rings. The molecule has 0 heterocycles. The maximum atomic E-state index is 11.8. The maximum absolute atomic E-state index is 11.8. The molecule has 0 radical (unpaired) electrons. The van der Waals surface area contributed by atoms with Crippen molar-refractivity contribution in [3.8, 4) is 11.8 Å². The molecule has 0 saturated heterocycles. The highest BCUT2D eigenvalue weighted by atomic mass is 16.5. The van der Waals surface area contributed by atoms with Crippen molar-refractivity contribution in [2.75, 3.05) is 18.5 Å². The fourth-order valence-corrected chi connectivity index (χ4v) is 2.06. The van der Waals surface area contributed by atoms with E-state index in [4.69, 9.17) is 14.7 Å². The molecule has 0 spiro atoms. The van der Waals surface area contributed by atoms with Crippen LogP contribution in [-0.2, 0) is 14.3 Å². The molecule has 0 atom stereocenters. The van der Waals surface area contributed by atoms with E-state index in [0.29, 0.717) is 11.4 Å². The Morgan fingerprint density at radius 3 is 2.65 bits per heavy atom. The second-order valence-corrected chi connectivity index (χ2v) is 5.37. The van der Waals surface area contributed by atoms with Crippen molar-refractivity contribution in [2.24, 2.45) is 0 Å². The first-order valence-corrected chi connectivity index (χ1v) is 7.88. The molecule has 2 aromatic rings. The third-order valence-corrected chi connectivity index (χ3v) is 3.24. The topological polar surface area (TPSA) is 88.4 Å². The van der Waals surface area contributed by atoms with Gasteiger partial charge in [-0.2, -0.15) is 5.26 Å². The van der Waals surface area contributed by atoms with Gasteiger partial charge in [-0.25, -0.2) is 4.79 Å². The fraction of sp³-hybridized carbons (Fsp3) is 0.150. The van der Waals surface area contributed by atoms with Crippen LogP contribution in [0.4, 0.5) is 5.69 Å². The molecule has 2 rings (SSSR count). The number of carbonyl (C=O) groups is 2. The average molecular weight is 350 g/mol. The van der Waals surface area contributed by atoms with E-state index in [2.05, 4.69) is 5.32 Å². The van der Waals surface area contributed by atoms with Crippen LogP contribution < -0.4 is 10.1 Å². The van der Waals surface area contributed by atoms with Gasteiger partial charge < -0.3 is 14.8 Å². The van der Waals surface area contributed by atoms with Crippen LogP contribution in [0.5, 0.6) is 5.75 Å². The number of nitrogens with zero attached hydrogens (tertiary/aromatic N) is 1. The van der Waals surface area contributed by atoms with Gasteiger partial charge in [0.25, 0.3) is 5.91 Å². The van der Waals surface area contributed by atoms with Crippen molar-refractivity contribution in [3.05, 3.63) is 65.7 Å². The summed E-state index contributed by atoms with van der Waals surface area (Å²) in [7, 11) is 0. The zero-order valence-electron chi connectivity index (χ0n) is 14.3. The molecule has 0 aliphatic heterocycles.